The molecule has 0 unspecified atom stereocenters. The van der Waals surface area contributed by atoms with E-state index in [1.54, 1.807) is 17.8 Å². The first-order chi connectivity index (χ1) is 12.2. The highest BCUT2D eigenvalue weighted by atomic mass is 32.2. The SMILES string of the molecule is CSCc1ccc(C(=O)N2CCC[C@@H](CNC(=O)c3cccs3)C2)o1. The maximum atomic E-state index is 12.6. The molecule has 0 saturated carbocycles. The topological polar surface area (TPSA) is 62.6 Å². The third kappa shape index (κ3) is 4.67. The Balaban J connectivity index is 1.53. The molecule has 0 aliphatic carbocycles. The summed E-state index contributed by atoms with van der Waals surface area (Å²) in [6.07, 6.45) is 3.97. The fourth-order valence-electron chi connectivity index (χ4n) is 3.02. The fraction of sp³-hybridized carbons (Fsp3) is 0.444. The molecule has 2 amide bonds. The molecule has 3 heterocycles. The number of hydrogen-bond donors (Lipinski definition) is 1. The van der Waals surface area contributed by atoms with Crippen molar-refractivity contribution in [2.75, 3.05) is 25.9 Å². The molecule has 1 N–H and O–H groups in total. The number of thioether (sulfide) groups is 1. The van der Waals surface area contributed by atoms with Crippen LogP contribution in [-0.4, -0.2) is 42.6 Å². The van der Waals surface area contributed by atoms with Gasteiger partial charge in [-0.15, -0.1) is 11.3 Å². The van der Waals surface area contributed by atoms with Gasteiger partial charge in [-0.3, -0.25) is 9.59 Å². The molecule has 1 aliphatic heterocycles. The Morgan fingerprint density at radius 2 is 2.28 bits per heavy atom. The molecule has 0 bridgehead atoms. The molecule has 3 rings (SSSR count). The minimum atomic E-state index is -0.0540. The average molecular weight is 379 g/mol. The third-order valence-electron chi connectivity index (χ3n) is 4.26. The molecule has 1 fully saturated rings. The van der Waals surface area contributed by atoms with Crippen LogP contribution >= 0.6 is 23.1 Å². The van der Waals surface area contributed by atoms with Gasteiger partial charge in [-0.25, -0.2) is 0 Å². The van der Waals surface area contributed by atoms with Crippen LogP contribution in [-0.2, 0) is 5.75 Å². The first-order valence-electron chi connectivity index (χ1n) is 8.36. The lowest BCUT2D eigenvalue weighted by Crippen LogP contribution is -2.43. The zero-order valence-electron chi connectivity index (χ0n) is 14.2. The van der Waals surface area contributed by atoms with Crippen LogP contribution < -0.4 is 5.32 Å². The van der Waals surface area contributed by atoms with Gasteiger partial charge in [0.1, 0.15) is 5.76 Å². The van der Waals surface area contributed by atoms with Crippen LogP contribution in [0.3, 0.4) is 0 Å². The first-order valence-corrected chi connectivity index (χ1v) is 10.6. The molecule has 134 valence electrons. The normalized spacial score (nSPS) is 17.5. The van der Waals surface area contributed by atoms with Crippen LogP contribution in [0.5, 0.6) is 0 Å². The molecule has 1 aliphatic rings. The Morgan fingerprint density at radius 3 is 3.04 bits per heavy atom. The van der Waals surface area contributed by atoms with Gasteiger partial charge in [-0.1, -0.05) is 6.07 Å². The highest BCUT2D eigenvalue weighted by Crippen LogP contribution is 2.20. The van der Waals surface area contributed by atoms with E-state index in [1.807, 2.05) is 34.7 Å². The van der Waals surface area contributed by atoms with Gasteiger partial charge in [-0.05, 0) is 48.6 Å². The van der Waals surface area contributed by atoms with E-state index in [4.69, 9.17) is 4.42 Å². The average Bonchev–Trinajstić information content (AvgIpc) is 3.31. The summed E-state index contributed by atoms with van der Waals surface area (Å²) in [5.41, 5.74) is 0. The van der Waals surface area contributed by atoms with Gasteiger partial charge in [-0.2, -0.15) is 11.8 Å². The van der Waals surface area contributed by atoms with Crippen molar-refractivity contribution in [3.05, 3.63) is 46.0 Å². The van der Waals surface area contributed by atoms with Crippen LogP contribution in [0, 0.1) is 5.92 Å². The summed E-state index contributed by atoms with van der Waals surface area (Å²) in [5, 5.41) is 4.88. The van der Waals surface area contributed by atoms with Gasteiger partial charge in [0.25, 0.3) is 11.8 Å². The van der Waals surface area contributed by atoms with Crippen molar-refractivity contribution in [1.82, 2.24) is 10.2 Å². The number of rotatable bonds is 6. The largest absolute Gasteiger partial charge is 0.455 e. The predicted molar refractivity (Wildman–Crippen MR) is 101 cm³/mol. The molecular formula is C18H22N2O3S2. The first kappa shape index (κ1) is 18.1. The molecular weight excluding hydrogens is 356 g/mol. The Bertz CT molecular complexity index is 712. The monoisotopic (exact) mass is 378 g/mol. The second kappa shape index (κ2) is 8.58. The number of piperidine rings is 1. The molecule has 25 heavy (non-hydrogen) atoms. The molecule has 0 aromatic carbocycles. The standard InChI is InChI=1S/C18H22N2O3S2/c1-24-12-14-6-7-15(23-14)18(22)20-8-2-4-13(11-20)10-19-17(21)16-5-3-9-25-16/h3,5-7,9,13H,2,4,8,10-12H2,1H3,(H,19,21)/t13-/m0/s1. The quantitative estimate of drug-likeness (QED) is 0.836. The van der Waals surface area contributed by atoms with E-state index in [1.165, 1.54) is 11.3 Å². The predicted octanol–water partition coefficient (Wildman–Crippen LogP) is 3.49. The summed E-state index contributed by atoms with van der Waals surface area (Å²) in [6.45, 7) is 1.99. The second-order valence-electron chi connectivity index (χ2n) is 6.15. The minimum Gasteiger partial charge on any atom is -0.455 e. The number of furan rings is 1. The van der Waals surface area contributed by atoms with Crippen LogP contribution in [0.1, 0.15) is 38.8 Å². The lowest BCUT2D eigenvalue weighted by molar-refractivity contribution is 0.0638. The Kier molecular flexibility index (Phi) is 6.20. The number of likely N-dealkylation sites (tertiary alicyclic amines) is 1. The fourth-order valence-corrected chi connectivity index (χ4v) is 4.10. The van der Waals surface area contributed by atoms with Crippen LogP contribution in [0.2, 0.25) is 0 Å². The maximum Gasteiger partial charge on any atom is 0.289 e. The molecule has 1 saturated heterocycles. The van der Waals surface area contributed by atoms with Gasteiger partial charge in [0.15, 0.2) is 5.76 Å². The molecule has 5 nitrogen and oxygen atoms in total. The maximum absolute atomic E-state index is 12.6. The molecule has 2 aromatic rings. The van der Waals surface area contributed by atoms with Crippen LogP contribution in [0.25, 0.3) is 0 Å². The molecule has 0 radical (unpaired) electrons. The van der Waals surface area contributed by atoms with Gasteiger partial charge in [0.2, 0.25) is 0 Å². The Morgan fingerprint density at radius 1 is 1.40 bits per heavy atom. The van der Waals surface area contributed by atoms with E-state index in [9.17, 15) is 9.59 Å². The summed E-state index contributed by atoms with van der Waals surface area (Å²) in [4.78, 5) is 27.2. The van der Waals surface area contributed by atoms with Crippen molar-refractivity contribution < 1.29 is 14.0 Å². The molecule has 2 aromatic heterocycles. The summed E-state index contributed by atoms with van der Waals surface area (Å²) in [7, 11) is 0. The zero-order valence-corrected chi connectivity index (χ0v) is 15.8. The number of nitrogens with zero attached hydrogens (tertiary/aromatic N) is 1. The Labute approximate surface area is 155 Å². The van der Waals surface area contributed by atoms with Crippen LogP contribution in [0.4, 0.5) is 0 Å². The van der Waals surface area contributed by atoms with Crippen molar-refractivity contribution in [3.63, 3.8) is 0 Å². The highest BCUT2D eigenvalue weighted by molar-refractivity contribution is 7.97. The number of hydrogen-bond acceptors (Lipinski definition) is 5. The molecule has 7 heteroatoms. The van der Waals surface area contributed by atoms with Crippen molar-refractivity contribution in [2.24, 2.45) is 5.92 Å². The van der Waals surface area contributed by atoms with Gasteiger partial charge < -0.3 is 14.6 Å². The van der Waals surface area contributed by atoms with Gasteiger partial charge in [0.05, 0.1) is 10.6 Å². The van der Waals surface area contributed by atoms with Crippen molar-refractivity contribution in [3.8, 4) is 0 Å². The Hall–Kier alpha value is -1.73. The number of nitrogens with one attached hydrogen (secondary N) is 1. The molecule has 0 spiro atoms. The highest BCUT2D eigenvalue weighted by Gasteiger charge is 2.26. The third-order valence-corrected chi connectivity index (χ3v) is 5.70. The van der Waals surface area contributed by atoms with Crippen molar-refractivity contribution in [2.45, 2.75) is 18.6 Å². The van der Waals surface area contributed by atoms with E-state index < -0.39 is 0 Å². The smallest absolute Gasteiger partial charge is 0.289 e. The van der Waals surface area contributed by atoms with E-state index in [0.29, 0.717) is 18.8 Å². The zero-order chi connectivity index (χ0) is 17.6. The summed E-state index contributed by atoms with van der Waals surface area (Å²) >= 11 is 3.10. The molecule has 1 atom stereocenters. The summed E-state index contributed by atoms with van der Waals surface area (Å²) in [6, 6.07) is 7.32. The number of carbonyl (C=O) groups is 2. The van der Waals surface area contributed by atoms with Crippen molar-refractivity contribution >= 4 is 34.9 Å². The lowest BCUT2D eigenvalue weighted by atomic mass is 9.97. The number of amides is 2. The van der Waals surface area contributed by atoms with Gasteiger partial charge >= 0.3 is 0 Å². The summed E-state index contributed by atoms with van der Waals surface area (Å²) in [5.74, 6) is 2.19. The second-order valence-corrected chi connectivity index (χ2v) is 7.96. The minimum absolute atomic E-state index is 0.0359. The van der Waals surface area contributed by atoms with Gasteiger partial charge in [0, 0.05) is 19.6 Å². The summed E-state index contributed by atoms with van der Waals surface area (Å²) < 4.78 is 5.64. The van der Waals surface area contributed by atoms with Crippen molar-refractivity contribution in [1.29, 1.82) is 0 Å². The van der Waals surface area contributed by atoms with E-state index in [2.05, 4.69) is 5.32 Å². The lowest BCUT2D eigenvalue weighted by Gasteiger charge is -2.32. The number of thiophene rings is 1. The van der Waals surface area contributed by atoms with Crippen LogP contribution in [0.15, 0.2) is 34.1 Å². The van der Waals surface area contributed by atoms with E-state index in [-0.39, 0.29) is 17.7 Å². The number of carbonyl (C=O) groups excluding carboxylic acids is 2. The van der Waals surface area contributed by atoms with E-state index in [0.717, 1.165) is 35.8 Å². The van der Waals surface area contributed by atoms with E-state index >= 15 is 0 Å².